The highest BCUT2D eigenvalue weighted by Gasteiger charge is 2.13. The first-order valence-corrected chi connectivity index (χ1v) is 8.24. The number of nitrogens with two attached hydrogens (primary N) is 1. The molecule has 0 spiro atoms. The Morgan fingerprint density at radius 2 is 1.72 bits per heavy atom. The first kappa shape index (κ1) is 18.2. The topological polar surface area (TPSA) is 43.1 Å². The number of amides is 1. The predicted octanol–water partition coefficient (Wildman–Crippen LogP) is 5.59. The molecule has 2 N–H and O–H groups in total. The lowest BCUT2D eigenvalue weighted by molar-refractivity contribution is 0.1000. The summed E-state index contributed by atoms with van der Waals surface area (Å²) in [6.45, 7) is 7.80. The van der Waals surface area contributed by atoms with Crippen LogP contribution >= 0.6 is 0 Å². The summed E-state index contributed by atoms with van der Waals surface area (Å²) in [5.41, 5.74) is 7.79. The van der Waals surface area contributed by atoms with Crippen molar-refractivity contribution in [3.05, 3.63) is 103 Å². The summed E-state index contributed by atoms with van der Waals surface area (Å²) in [7, 11) is 0. The van der Waals surface area contributed by atoms with E-state index in [2.05, 4.69) is 19.2 Å². The molecule has 0 fully saturated rings. The quantitative estimate of drug-likeness (QED) is 0.631. The van der Waals surface area contributed by atoms with Crippen molar-refractivity contribution < 1.29 is 4.79 Å². The van der Waals surface area contributed by atoms with Crippen LogP contribution in [0.3, 0.4) is 0 Å². The number of carbonyl (C=O) groups is 1. The standard InChI is InChI=1S/C23H23NO/c1-3-4-5-6-7-8-9-10-13-18(2)22-20-15-12-11-14-19(20)16-17-21(22)23(24)25/h3-5,7-12,14-17H,1-2,6,13H2,(H2,24,25)/b5-4+,8-7+,10-9+. The minimum Gasteiger partial charge on any atom is -0.366 e. The highest BCUT2D eigenvalue weighted by Crippen LogP contribution is 2.29. The number of allylic oxidation sites excluding steroid dienone is 8. The molecule has 0 aromatic heterocycles. The van der Waals surface area contributed by atoms with Crippen molar-refractivity contribution in [3.63, 3.8) is 0 Å². The van der Waals surface area contributed by atoms with Gasteiger partial charge in [0.1, 0.15) is 0 Å². The van der Waals surface area contributed by atoms with Gasteiger partial charge in [-0.2, -0.15) is 0 Å². The molecule has 2 aromatic carbocycles. The number of hydrogen-bond donors (Lipinski definition) is 1. The van der Waals surface area contributed by atoms with Crippen LogP contribution in [0, 0.1) is 0 Å². The van der Waals surface area contributed by atoms with Crippen LogP contribution in [0.5, 0.6) is 0 Å². The van der Waals surface area contributed by atoms with Gasteiger partial charge >= 0.3 is 0 Å². The number of rotatable bonds is 8. The van der Waals surface area contributed by atoms with E-state index in [4.69, 9.17) is 5.73 Å². The predicted molar refractivity (Wildman–Crippen MR) is 108 cm³/mol. The van der Waals surface area contributed by atoms with Crippen LogP contribution in [0.25, 0.3) is 16.3 Å². The second-order valence-electron chi connectivity index (χ2n) is 5.64. The molecule has 0 saturated heterocycles. The summed E-state index contributed by atoms with van der Waals surface area (Å²) in [6, 6.07) is 11.6. The first-order valence-electron chi connectivity index (χ1n) is 8.24. The Morgan fingerprint density at radius 1 is 1.00 bits per heavy atom. The smallest absolute Gasteiger partial charge is 0.249 e. The van der Waals surface area contributed by atoms with E-state index in [9.17, 15) is 4.79 Å². The van der Waals surface area contributed by atoms with Gasteiger partial charge in [0.2, 0.25) is 5.91 Å². The molecule has 2 nitrogen and oxygen atoms in total. The third kappa shape index (κ3) is 4.92. The van der Waals surface area contributed by atoms with Gasteiger partial charge in [-0.25, -0.2) is 0 Å². The SMILES string of the molecule is C=C/C=C/C/C=C/C=C/CC(=C)c1c(C(N)=O)ccc2ccccc12. The van der Waals surface area contributed by atoms with Crippen LogP contribution in [0.2, 0.25) is 0 Å². The minimum atomic E-state index is -0.431. The molecular weight excluding hydrogens is 306 g/mol. The van der Waals surface area contributed by atoms with E-state index in [0.717, 1.165) is 28.3 Å². The fourth-order valence-electron chi connectivity index (χ4n) is 2.66. The fraction of sp³-hybridized carbons (Fsp3) is 0.0870. The van der Waals surface area contributed by atoms with E-state index < -0.39 is 5.91 Å². The van der Waals surface area contributed by atoms with Gasteiger partial charge in [0.15, 0.2) is 0 Å². The molecule has 126 valence electrons. The minimum absolute atomic E-state index is 0.431. The summed E-state index contributed by atoms with van der Waals surface area (Å²) in [6.07, 6.45) is 15.3. The molecule has 2 aromatic rings. The molecule has 0 atom stereocenters. The van der Waals surface area contributed by atoms with Crippen LogP contribution in [-0.2, 0) is 0 Å². The Kier molecular flexibility index (Phi) is 6.73. The maximum Gasteiger partial charge on any atom is 0.249 e. The first-order chi connectivity index (χ1) is 12.1. The van der Waals surface area contributed by atoms with E-state index in [0.29, 0.717) is 12.0 Å². The largest absolute Gasteiger partial charge is 0.366 e. The Labute approximate surface area is 149 Å². The molecule has 0 radical (unpaired) electrons. The molecule has 25 heavy (non-hydrogen) atoms. The number of hydrogen-bond acceptors (Lipinski definition) is 1. The van der Waals surface area contributed by atoms with Crippen LogP contribution < -0.4 is 5.73 Å². The highest BCUT2D eigenvalue weighted by atomic mass is 16.1. The normalized spacial score (nSPS) is 11.7. The van der Waals surface area contributed by atoms with Crippen LogP contribution in [-0.4, -0.2) is 5.91 Å². The lowest BCUT2D eigenvalue weighted by Gasteiger charge is -2.12. The average Bonchev–Trinajstić information content (AvgIpc) is 2.62. The third-order valence-electron chi connectivity index (χ3n) is 3.84. The van der Waals surface area contributed by atoms with Crippen molar-refractivity contribution >= 4 is 22.3 Å². The van der Waals surface area contributed by atoms with Gasteiger partial charge in [-0.15, -0.1) is 0 Å². The Morgan fingerprint density at radius 3 is 2.48 bits per heavy atom. The Hall–Kier alpha value is -3.13. The lowest BCUT2D eigenvalue weighted by atomic mass is 9.92. The van der Waals surface area contributed by atoms with Crippen molar-refractivity contribution in [3.8, 4) is 0 Å². The molecule has 1 amide bonds. The monoisotopic (exact) mass is 329 g/mol. The van der Waals surface area contributed by atoms with Gasteiger partial charge in [-0.05, 0) is 40.8 Å². The Balaban J connectivity index is 2.18. The van der Waals surface area contributed by atoms with Crippen LogP contribution in [0.1, 0.15) is 28.8 Å². The van der Waals surface area contributed by atoms with Crippen molar-refractivity contribution in [1.29, 1.82) is 0 Å². The molecule has 0 bridgehead atoms. The molecule has 0 saturated carbocycles. The molecule has 0 heterocycles. The summed E-state index contributed by atoms with van der Waals surface area (Å²) in [4.78, 5) is 11.8. The van der Waals surface area contributed by atoms with Gasteiger partial charge in [0.05, 0.1) is 0 Å². The van der Waals surface area contributed by atoms with Crippen molar-refractivity contribution in [2.45, 2.75) is 12.8 Å². The third-order valence-corrected chi connectivity index (χ3v) is 3.84. The zero-order chi connectivity index (χ0) is 18.1. The van der Waals surface area contributed by atoms with Crippen molar-refractivity contribution in [1.82, 2.24) is 0 Å². The molecule has 2 heteroatoms. The second-order valence-corrected chi connectivity index (χ2v) is 5.64. The van der Waals surface area contributed by atoms with E-state index in [1.54, 1.807) is 12.1 Å². The second kappa shape index (κ2) is 9.24. The maximum absolute atomic E-state index is 11.8. The van der Waals surface area contributed by atoms with Gasteiger partial charge in [-0.3, -0.25) is 4.79 Å². The summed E-state index contributed by atoms with van der Waals surface area (Å²) < 4.78 is 0. The van der Waals surface area contributed by atoms with E-state index in [-0.39, 0.29) is 0 Å². The Bertz CT molecular complexity index is 869. The van der Waals surface area contributed by atoms with Crippen molar-refractivity contribution in [2.75, 3.05) is 0 Å². The van der Waals surface area contributed by atoms with Gasteiger partial charge in [-0.1, -0.05) is 86.0 Å². The summed E-state index contributed by atoms with van der Waals surface area (Å²) >= 11 is 0. The van der Waals surface area contributed by atoms with E-state index >= 15 is 0 Å². The molecular formula is C23H23NO. The highest BCUT2D eigenvalue weighted by molar-refractivity contribution is 6.06. The van der Waals surface area contributed by atoms with Gasteiger partial charge in [0.25, 0.3) is 0 Å². The zero-order valence-corrected chi connectivity index (χ0v) is 14.3. The maximum atomic E-state index is 11.8. The van der Waals surface area contributed by atoms with Gasteiger partial charge < -0.3 is 5.73 Å². The number of benzene rings is 2. The molecule has 0 aliphatic carbocycles. The van der Waals surface area contributed by atoms with Crippen molar-refractivity contribution in [2.24, 2.45) is 5.73 Å². The van der Waals surface area contributed by atoms with Gasteiger partial charge in [0, 0.05) is 5.56 Å². The lowest BCUT2D eigenvalue weighted by Crippen LogP contribution is -2.13. The van der Waals surface area contributed by atoms with Crippen LogP contribution in [0.15, 0.2) is 92.1 Å². The number of primary amides is 1. The molecule has 2 rings (SSSR count). The summed E-state index contributed by atoms with van der Waals surface area (Å²) in [5, 5.41) is 2.07. The fourth-order valence-corrected chi connectivity index (χ4v) is 2.66. The van der Waals surface area contributed by atoms with Crippen LogP contribution in [0.4, 0.5) is 0 Å². The number of fused-ring (bicyclic) bond motifs is 1. The summed E-state index contributed by atoms with van der Waals surface area (Å²) in [5.74, 6) is -0.431. The average molecular weight is 329 g/mol. The molecule has 0 unspecified atom stereocenters. The molecule has 0 aliphatic heterocycles. The van der Waals surface area contributed by atoms with E-state index in [1.165, 1.54) is 0 Å². The molecule has 0 aliphatic rings. The zero-order valence-electron chi connectivity index (χ0n) is 14.3. The number of carbonyl (C=O) groups excluding carboxylic acids is 1. The van der Waals surface area contributed by atoms with E-state index in [1.807, 2.05) is 60.7 Å².